The predicted octanol–water partition coefficient (Wildman–Crippen LogP) is 0.773. The minimum Gasteiger partial charge on any atom is -0.483 e. The van der Waals surface area contributed by atoms with Crippen molar-refractivity contribution in [1.29, 1.82) is 0 Å². The molecule has 0 saturated heterocycles. The highest BCUT2D eigenvalue weighted by Gasteiger charge is 2.27. The molecule has 0 radical (unpaired) electrons. The van der Waals surface area contributed by atoms with E-state index in [1.165, 1.54) is 0 Å². The third-order valence-electron chi connectivity index (χ3n) is 2.94. The van der Waals surface area contributed by atoms with E-state index >= 15 is 0 Å². The van der Waals surface area contributed by atoms with Crippen molar-refractivity contribution in [2.45, 2.75) is 0 Å². The number of amides is 1. The molecule has 2 heterocycles. The number of carbonyl (C=O) groups excluding carboxylic acids is 1. The van der Waals surface area contributed by atoms with Gasteiger partial charge < -0.3 is 14.6 Å². The fourth-order valence-corrected chi connectivity index (χ4v) is 2.04. The summed E-state index contributed by atoms with van der Waals surface area (Å²) in [6.45, 7) is 1.25. The van der Waals surface area contributed by atoms with Gasteiger partial charge in [0, 0.05) is 13.1 Å². The molecule has 0 bridgehead atoms. The molecular weight excluding hydrogens is 234 g/mol. The van der Waals surface area contributed by atoms with Gasteiger partial charge in [-0.05, 0) is 19.2 Å². The maximum atomic E-state index is 12.0. The van der Waals surface area contributed by atoms with Crippen LogP contribution < -0.4 is 15.0 Å². The van der Waals surface area contributed by atoms with Crippen molar-refractivity contribution >= 4 is 22.7 Å². The van der Waals surface area contributed by atoms with Gasteiger partial charge in [0.2, 0.25) is 0 Å². The molecule has 0 fully saturated rings. The highest BCUT2D eigenvalue weighted by atomic mass is 16.5. The normalized spacial score (nSPS) is 14.7. The Kier molecular flexibility index (Phi) is 2.64. The van der Waals surface area contributed by atoms with Gasteiger partial charge in [-0.2, -0.15) is 0 Å². The first-order valence-electron chi connectivity index (χ1n) is 5.77. The number of hydrogen-bond acceptors (Lipinski definition) is 5. The Labute approximate surface area is 103 Å². The summed E-state index contributed by atoms with van der Waals surface area (Å²) < 4.78 is 10.7. The topological polar surface area (TPSA) is 67.6 Å². The third kappa shape index (κ3) is 1.62. The lowest BCUT2D eigenvalue weighted by Gasteiger charge is -2.17. The van der Waals surface area contributed by atoms with Crippen LogP contribution >= 0.6 is 0 Å². The summed E-state index contributed by atoms with van der Waals surface area (Å²) in [4.78, 5) is 13.6. The number of nitrogens with zero attached hydrogens (tertiary/aromatic N) is 2. The summed E-state index contributed by atoms with van der Waals surface area (Å²) in [6.07, 6.45) is 0. The molecule has 1 aliphatic rings. The number of hydrogen-bond donors (Lipinski definition) is 1. The smallest absolute Gasteiger partial charge is 0.266 e. The summed E-state index contributed by atoms with van der Waals surface area (Å²) in [5.74, 6) is 1.07. The fourth-order valence-electron chi connectivity index (χ4n) is 2.04. The third-order valence-corrected chi connectivity index (χ3v) is 2.94. The van der Waals surface area contributed by atoms with Gasteiger partial charge >= 0.3 is 0 Å². The molecule has 0 saturated carbocycles. The molecule has 1 N–H and O–H groups in total. The number of rotatable bonds is 3. The van der Waals surface area contributed by atoms with E-state index in [9.17, 15) is 4.79 Å². The van der Waals surface area contributed by atoms with Gasteiger partial charge in [0.05, 0.1) is 0 Å². The second-order valence-electron chi connectivity index (χ2n) is 4.07. The summed E-state index contributed by atoms with van der Waals surface area (Å²) in [7, 11) is 1.84. The maximum Gasteiger partial charge on any atom is 0.266 e. The highest BCUT2D eigenvalue weighted by molar-refractivity contribution is 6.05. The van der Waals surface area contributed by atoms with Gasteiger partial charge in [-0.3, -0.25) is 9.69 Å². The number of ether oxygens (including phenoxy) is 1. The van der Waals surface area contributed by atoms with Crippen LogP contribution in [0.2, 0.25) is 0 Å². The van der Waals surface area contributed by atoms with Crippen molar-refractivity contribution in [1.82, 2.24) is 10.5 Å². The Morgan fingerprint density at radius 3 is 3.22 bits per heavy atom. The molecule has 0 aliphatic carbocycles. The predicted molar refractivity (Wildman–Crippen MR) is 65.8 cm³/mol. The molecule has 2 aromatic rings. The van der Waals surface area contributed by atoms with E-state index in [1.54, 1.807) is 4.90 Å². The Morgan fingerprint density at radius 1 is 1.50 bits per heavy atom. The molecule has 1 amide bonds. The fraction of sp³-hybridized carbons (Fsp3) is 0.333. The number of carbonyl (C=O) groups is 1. The molecule has 6 nitrogen and oxygen atoms in total. The van der Waals surface area contributed by atoms with E-state index in [2.05, 4.69) is 10.5 Å². The van der Waals surface area contributed by atoms with Gasteiger partial charge in [0.25, 0.3) is 5.91 Å². The number of nitrogens with one attached hydrogen (secondary N) is 1. The van der Waals surface area contributed by atoms with Gasteiger partial charge in [-0.15, -0.1) is 0 Å². The lowest BCUT2D eigenvalue weighted by molar-refractivity contribution is -0.120. The van der Waals surface area contributed by atoms with Crippen LogP contribution in [0.15, 0.2) is 22.7 Å². The molecular formula is C12H13N3O3. The number of aromatic nitrogens is 1. The minimum absolute atomic E-state index is 0.0270. The molecule has 94 valence electrons. The van der Waals surface area contributed by atoms with Crippen LogP contribution in [0.4, 0.5) is 5.82 Å². The minimum atomic E-state index is -0.114. The first-order chi connectivity index (χ1) is 8.81. The van der Waals surface area contributed by atoms with Crippen LogP contribution in [-0.4, -0.2) is 37.8 Å². The Balaban J connectivity index is 2.12. The van der Waals surface area contributed by atoms with E-state index in [1.807, 2.05) is 25.2 Å². The molecule has 1 aliphatic heterocycles. The van der Waals surface area contributed by atoms with Crippen molar-refractivity contribution in [3.8, 4) is 5.75 Å². The monoisotopic (exact) mass is 247 g/mol. The lowest BCUT2D eigenvalue weighted by Crippen LogP contribution is -2.38. The maximum absolute atomic E-state index is 12.0. The molecule has 0 spiro atoms. The van der Waals surface area contributed by atoms with Crippen molar-refractivity contribution in [3.63, 3.8) is 0 Å². The van der Waals surface area contributed by atoms with E-state index in [0.29, 0.717) is 30.2 Å². The van der Waals surface area contributed by atoms with E-state index < -0.39 is 0 Å². The van der Waals surface area contributed by atoms with E-state index in [0.717, 1.165) is 5.39 Å². The summed E-state index contributed by atoms with van der Waals surface area (Å²) in [6, 6.07) is 5.45. The standard InChI is InChI=1S/C12H13N3O3/c1-13-5-6-15-10(16)7-17-8-3-2-4-9-11(8)12(15)14-18-9/h2-4,13H,5-7H2,1H3. The van der Waals surface area contributed by atoms with E-state index in [4.69, 9.17) is 9.26 Å². The highest BCUT2D eigenvalue weighted by Crippen LogP contribution is 2.35. The van der Waals surface area contributed by atoms with Crippen molar-refractivity contribution < 1.29 is 14.1 Å². The second-order valence-corrected chi connectivity index (χ2v) is 4.07. The molecule has 0 unspecified atom stereocenters. The van der Waals surface area contributed by atoms with E-state index in [-0.39, 0.29) is 12.5 Å². The molecule has 6 heteroatoms. The average Bonchev–Trinajstić information content (AvgIpc) is 2.75. The van der Waals surface area contributed by atoms with Crippen LogP contribution in [-0.2, 0) is 4.79 Å². The average molecular weight is 247 g/mol. The first kappa shape index (κ1) is 11.0. The zero-order valence-electron chi connectivity index (χ0n) is 9.97. The molecule has 0 atom stereocenters. The van der Waals surface area contributed by atoms with Crippen LogP contribution in [0.3, 0.4) is 0 Å². The van der Waals surface area contributed by atoms with Crippen molar-refractivity contribution in [2.75, 3.05) is 31.6 Å². The van der Waals surface area contributed by atoms with Crippen molar-refractivity contribution in [2.24, 2.45) is 0 Å². The van der Waals surface area contributed by atoms with Gasteiger partial charge in [0.15, 0.2) is 18.0 Å². The zero-order chi connectivity index (χ0) is 12.5. The van der Waals surface area contributed by atoms with Crippen LogP contribution in [0.1, 0.15) is 0 Å². The van der Waals surface area contributed by atoms with Crippen LogP contribution in [0, 0.1) is 0 Å². The number of likely N-dealkylation sites (N-methyl/N-ethyl adjacent to an activating group) is 1. The van der Waals surface area contributed by atoms with Crippen LogP contribution in [0.25, 0.3) is 11.0 Å². The summed E-state index contributed by atoms with van der Waals surface area (Å²) in [5.41, 5.74) is 0.631. The Morgan fingerprint density at radius 2 is 2.39 bits per heavy atom. The van der Waals surface area contributed by atoms with Gasteiger partial charge in [0.1, 0.15) is 11.1 Å². The van der Waals surface area contributed by atoms with Gasteiger partial charge in [-0.25, -0.2) is 0 Å². The molecule has 1 aromatic heterocycles. The lowest BCUT2D eigenvalue weighted by atomic mass is 10.2. The number of benzene rings is 1. The molecule has 18 heavy (non-hydrogen) atoms. The second kappa shape index (κ2) is 4.30. The molecule has 3 rings (SSSR count). The Bertz CT molecular complexity index is 593. The molecule has 1 aromatic carbocycles. The van der Waals surface area contributed by atoms with Gasteiger partial charge in [-0.1, -0.05) is 11.2 Å². The first-order valence-corrected chi connectivity index (χ1v) is 5.77. The summed E-state index contributed by atoms with van der Waals surface area (Å²) >= 11 is 0. The van der Waals surface area contributed by atoms with Crippen LogP contribution in [0.5, 0.6) is 5.75 Å². The number of anilines is 1. The Hall–Kier alpha value is -2.08. The largest absolute Gasteiger partial charge is 0.483 e. The van der Waals surface area contributed by atoms with Crippen molar-refractivity contribution in [3.05, 3.63) is 18.2 Å². The zero-order valence-corrected chi connectivity index (χ0v) is 9.97. The quantitative estimate of drug-likeness (QED) is 0.867. The summed E-state index contributed by atoms with van der Waals surface area (Å²) in [5, 5.41) is 7.77. The SMILES string of the molecule is CNCCN1C(=O)COc2cccc3onc1c23.